The summed E-state index contributed by atoms with van der Waals surface area (Å²) in [5.41, 5.74) is 2.27. The number of amides is 1. The summed E-state index contributed by atoms with van der Waals surface area (Å²) in [5, 5.41) is 3.10. The van der Waals surface area contributed by atoms with Gasteiger partial charge >= 0.3 is 0 Å². The number of benzene rings is 2. The van der Waals surface area contributed by atoms with Crippen molar-refractivity contribution in [1.82, 2.24) is 9.55 Å². The minimum absolute atomic E-state index is 0.0874. The number of nitrogens with one attached hydrogen (secondary N) is 1. The third-order valence-electron chi connectivity index (χ3n) is 4.36. The number of hydrogen-bond acceptors (Lipinski definition) is 5. The van der Waals surface area contributed by atoms with E-state index in [1.807, 2.05) is 36.4 Å². The molecule has 0 aliphatic rings. The predicted octanol–water partition coefficient (Wildman–Crippen LogP) is 4.10. The molecule has 150 valence electrons. The maximum atomic E-state index is 12.8. The van der Waals surface area contributed by atoms with Crippen LogP contribution >= 0.6 is 11.8 Å². The highest BCUT2D eigenvalue weighted by atomic mass is 32.2. The van der Waals surface area contributed by atoms with E-state index in [0.29, 0.717) is 17.4 Å². The number of para-hydroxylation sites is 2. The van der Waals surface area contributed by atoms with E-state index in [4.69, 9.17) is 4.74 Å². The molecule has 0 saturated heterocycles. The quantitative estimate of drug-likeness (QED) is 0.595. The molecule has 29 heavy (non-hydrogen) atoms. The zero-order valence-electron chi connectivity index (χ0n) is 16.6. The summed E-state index contributed by atoms with van der Waals surface area (Å²) in [5.74, 6) is 0.912. The van der Waals surface area contributed by atoms with Crippen LogP contribution in [0, 0.1) is 0 Å². The monoisotopic (exact) mass is 409 g/mol. The van der Waals surface area contributed by atoms with Crippen molar-refractivity contribution >= 4 is 23.4 Å². The Bertz CT molecular complexity index is 1050. The van der Waals surface area contributed by atoms with Gasteiger partial charge in [0.2, 0.25) is 5.91 Å². The first-order valence-corrected chi connectivity index (χ1v) is 10.2. The third-order valence-corrected chi connectivity index (χ3v) is 5.32. The second-order valence-corrected chi connectivity index (χ2v) is 7.66. The molecule has 0 aliphatic heterocycles. The van der Waals surface area contributed by atoms with Crippen molar-refractivity contribution in [2.24, 2.45) is 0 Å². The molecule has 1 heterocycles. The molecule has 7 heteroatoms. The molecule has 1 N–H and O–H groups in total. The van der Waals surface area contributed by atoms with E-state index in [2.05, 4.69) is 24.1 Å². The lowest BCUT2D eigenvalue weighted by Gasteiger charge is -2.11. The van der Waals surface area contributed by atoms with Gasteiger partial charge in [0.1, 0.15) is 5.75 Å². The Morgan fingerprint density at radius 3 is 2.59 bits per heavy atom. The van der Waals surface area contributed by atoms with E-state index in [9.17, 15) is 9.59 Å². The molecule has 0 spiro atoms. The summed E-state index contributed by atoms with van der Waals surface area (Å²) in [6.07, 6.45) is 3.12. The van der Waals surface area contributed by atoms with Gasteiger partial charge in [-0.25, -0.2) is 4.98 Å². The Hall–Kier alpha value is -3.06. The minimum atomic E-state index is -0.295. The molecular weight excluding hydrogens is 386 g/mol. The molecule has 1 amide bonds. The number of nitrogens with zero attached hydrogens (tertiary/aromatic N) is 2. The average molecular weight is 410 g/mol. The van der Waals surface area contributed by atoms with Crippen molar-refractivity contribution in [3.63, 3.8) is 0 Å². The van der Waals surface area contributed by atoms with Gasteiger partial charge in [-0.3, -0.25) is 14.2 Å². The van der Waals surface area contributed by atoms with Gasteiger partial charge in [-0.1, -0.05) is 49.9 Å². The lowest BCUT2D eigenvalue weighted by atomic mass is 10.0. The number of rotatable bonds is 7. The first-order chi connectivity index (χ1) is 14.0. The zero-order chi connectivity index (χ0) is 20.8. The fourth-order valence-corrected chi connectivity index (χ4v) is 3.49. The lowest BCUT2D eigenvalue weighted by molar-refractivity contribution is -0.113. The van der Waals surface area contributed by atoms with Crippen molar-refractivity contribution in [1.29, 1.82) is 0 Å². The molecule has 3 aromatic rings. The van der Waals surface area contributed by atoms with Crippen molar-refractivity contribution in [3.05, 3.63) is 76.8 Å². The molecular formula is C22H23N3O3S. The van der Waals surface area contributed by atoms with E-state index >= 15 is 0 Å². The van der Waals surface area contributed by atoms with Gasteiger partial charge in [-0.2, -0.15) is 0 Å². The molecule has 0 fully saturated rings. The molecule has 1 aromatic heterocycles. The Morgan fingerprint density at radius 1 is 1.17 bits per heavy atom. The molecule has 0 unspecified atom stereocenters. The number of anilines is 1. The Labute approximate surface area is 173 Å². The van der Waals surface area contributed by atoms with Gasteiger partial charge in [0, 0.05) is 18.1 Å². The topological polar surface area (TPSA) is 73.2 Å². The Balaban J connectivity index is 1.69. The maximum absolute atomic E-state index is 12.8. The van der Waals surface area contributed by atoms with Gasteiger partial charge in [-0.05, 0) is 35.7 Å². The fourth-order valence-electron chi connectivity index (χ4n) is 2.79. The number of carbonyl (C=O) groups is 1. The maximum Gasteiger partial charge on any atom is 0.287 e. The first kappa shape index (κ1) is 20.7. The zero-order valence-corrected chi connectivity index (χ0v) is 17.4. The summed E-state index contributed by atoms with van der Waals surface area (Å²) >= 11 is 1.11. The predicted molar refractivity (Wildman–Crippen MR) is 116 cm³/mol. The normalized spacial score (nSPS) is 10.8. The minimum Gasteiger partial charge on any atom is -0.495 e. The van der Waals surface area contributed by atoms with E-state index in [1.54, 1.807) is 31.6 Å². The van der Waals surface area contributed by atoms with Gasteiger partial charge in [0.15, 0.2) is 5.03 Å². The summed E-state index contributed by atoms with van der Waals surface area (Å²) in [7, 11) is 1.55. The first-order valence-electron chi connectivity index (χ1n) is 9.23. The van der Waals surface area contributed by atoms with Crippen LogP contribution < -0.4 is 15.6 Å². The van der Waals surface area contributed by atoms with Crippen LogP contribution in [-0.4, -0.2) is 28.3 Å². The molecule has 6 nitrogen and oxygen atoms in total. The summed E-state index contributed by atoms with van der Waals surface area (Å²) < 4.78 is 6.80. The van der Waals surface area contributed by atoms with Gasteiger partial charge < -0.3 is 10.1 Å². The molecule has 0 aliphatic carbocycles. The largest absolute Gasteiger partial charge is 0.495 e. The summed E-state index contributed by atoms with van der Waals surface area (Å²) in [4.78, 5) is 29.2. The number of ether oxygens (including phenoxy) is 1. The summed E-state index contributed by atoms with van der Waals surface area (Å²) in [6.45, 7) is 4.24. The van der Waals surface area contributed by atoms with E-state index in [0.717, 1.165) is 17.4 Å². The summed E-state index contributed by atoms with van der Waals surface area (Å²) in [6, 6.07) is 15.0. The van der Waals surface area contributed by atoms with Crippen LogP contribution in [0.3, 0.4) is 0 Å². The van der Waals surface area contributed by atoms with Crippen LogP contribution in [0.5, 0.6) is 5.75 Å². The third kappa shape index (κ3) is 5.06. The standard InChI is InChI=1S/C22H23N3O3S/c1-15(2)16-8-10-17(11-9-16)24-20(26)14-29-21-22(27)25(13-12-23-21)18-6-4-5-7-19(18)28-3/h4-13,15H,14H2,1-3H3,(H,24,26). The second-order valence-electron chi connectivity index (χ2n) is 6.69. The lowest BCUT2D eigenvalue weighted by Crippen LogP contribution is -2.22. The van der Waals surface area contributed by atoms with Gasteiger partial charge in [-0.15, -0.1) is 0 Å². The SMILES string of the molecule is COc1ccccc1-n1ccnc(SCC(=O)Nc2ccc(C(C)C)cc2)c1=O. The van der Waals surface area contributed by atoms with Crippen molar-refractivity contribution < 1.29 is 9.53 Å². The number of thioether (sulfide) groups is 1. The van der Waals surface area contributed by atoms with Crippen LogP contribution in [0.25, 0.3) is 5.69 Å². The smallest absolute Gasteiger partial charge is 0.287 e. The number of carbonyl (C=O) groups excluding carboxylic acids is 1. The van der Waals surface area contributed by atoms with Crippen LogP contribution in [0.1, 0.15) is 25.3 Å². The van der Waals surface area contributed by atoms with Crippen LogP contribution in [-0.2, 0) is 4.79 Å². The van der Waals surface area contributed by atoms with Crippen molar-refractivity contribution in [3.8, 4) is 11.4 Å². The number of hydrogen-bond donors (Lipinski definition) is 1. The highest BCUT2D eigenvalue weighted by Crippen LogP contribution is 2.21. The van der Waals surface area contributed by atoms with E-state index in [1.165, 1.54) is 10.1 Å². The highest BCUT2D eigenvalue weighted by molar-refractivity contribution is 7.99. The number of methoxy groups -OCH3 is 1. The van der Waals surface area contributed by atoms with Gasteiger partial charge in [0.25, 0.3) is 5.56 Å². The fraction of sp³-hybridized carbons (Fsp3) is 0.227. The molecule has 0 radical (unpaired) electrons. The highest BCUT2D eigenvalue weighted by Gasteiger charge is 2.12. The van der Waals surface area contributed by atoms with E-state index < -0.39 is 0 Å². The van der Waals surface area contributed by atoms with Crippen LogP contribution in [0.4, 0.5) is 5.69 Å². The Kier molecular flexibility index (Phi) is 6.72. The molecule has 0 bridgehead atoms. The van der Waals surface area contributed by atoms with Crippen LogP contribution in [0.15, 0.2) is 70.7 Å². The molecule has 2 aromatic carbocycles. The van der Waals surface area contributed by atoms with Crippen molar-refractivity contribution in [2.45, 2.75) is 24.8 Å². The number of aromatic nitrogens is 2. The molecule has 0 saturated carbocycles. The second kappa shape index (κ2) is 9.43. The average Bonchev–Trinajstić information content (AvgIpc) is 2.73. The van der Waals surface area contributed by atoms with Gasteiger partial charge in [0.05, 0.1) is 18.6 Å². The van der Waals surface area contributed by atoms with Crippen LogP contribution in [0.2, 0.25) is 0 Å². The van der Waals surface area contributed by atoms with Crippen molar-refractivity contribution in [2.75, 3.05) is 18.2 Å². The van der Waals surface area contributed by atoms with E-state index in [-0.39, 0.29) is 22.2 Å². The Morgan fingerprint density at radius 2 is 1.90 bits per heavy atom. The molecule has 3 rings (SSSR count). The molecule has 0 atom stereocenters.